The summed E-state index contributed by atoms with van der Waals surface area (Å²) in [5, 5.41) is 16.1. The minimum atomic E-state index is -0.431. The number of aryl methyl sites for hydroxylation is 2. The van der Waals surface area contributed by atoms with Crippen molar-refractivity contribution in [3.8, 4) is 5.69 Å². The molecule has 0 saturated carbocycles. The maximum Gasteiger partial charge on any atom is 0.338 e. The molecule has 0 bridgehead atoms. The van der Waals surface area contributed by atoms with Crippen LogP contribution in [-0.4, -0.2) is 36.0 Å². The van der Waals surface area contributed by atoms with E-state index in [0.717, 1.165) is 22.6 Å². The van der Waals surface area contributed by atoms with E-state index < -0.39 is 5.97 Å². The number of nitrogens with zero attached hydrogens (tertiary/aromatic N) is 6. The molecule has 4 aromatic rings. The van der Waals surface area contributed by atoms with Crippen LogP contribution in [0.4, 0.5) is 0 Å². The lowest BCUT2D eigenvalue weighted by Crippen LogP contribution is -2.12. The Morgan fingerprint density at radius 2 is 1.79 bits per heavy atom. The van der Waals surface area contributed by atoms with Gasteiger partial charge in [-0.3, -0.25) is 0 Å². The molecule has 0 N–H and O–H groups in total. The third-order valence-corrected chi connectivity index (χ3v) is 4.47. The Morgan fingerprint density at radius 1 is 1.03 bits per heavy atom. The number of hydrogen-bond acceptors (Lipinski definition) is 6. The highest BCUT2D eigenvalue weighted by atomic mass is 16.5. The summed E-state index contributed by atoms with van der Waals surface area (Å²) in [6, 6.07) is 19.0. The van der Waals surface area contributed by atoms with Crippen LogP contribution in [0.5, 0.6) is 0 Å². The molecule has 2 heterocycles. The molecule has 0 unspecified atom stereocenters. The van der Waals surface area contributed by atoms with E-state index in [-0.39, 0.29) is 6.61 Å². The van der Waals surface area contributed by atoms with E-state index >= 15 is 0 Å². The summed E-state index contributed by atoms with van der Waals surface area (Å²) in [4.78, 5) is 12.4. The number of ether oxygens (including phenoxy) is 1. The molecule has 146 valence electrons. The van der Waals surface area contributed by atoms with Gasteiger partial charge in [0.2, 0.25) is 0 Å². The van der Waals surface area contributed by atoms with Crippen molar-refractivity contribution in [2.45, 2.75) is 27.0 Å². The van der Waals surface area contributed by atoms with Crippen molar-refractivity contribution in [1.29, 1.82) is 0 Å². The van der Waals surface area contributed by atoms with Crippen molar-refractivity contribution in [2.75, 3.05) is 0 Å². The van der Waals surface area contributed by atoms with Crippen LogP contribution in [0.1, 0.15) is 33.1 Å². The van der Waals surface area contributed by atoms with Crippen molar-refractivity contribution >= 4 is 5.97 Å². The molecule has 2 aromatic heterocycles. The molecule has 0 atom stereocenters. The number of hydrogen-bond donors (Lipinski definition) is 0. The molecule has 4 rings (SSSR count). The van der Waals surface area contributed by atoms with E-state index in [9.17, 15) is 4.79 Å². The zero-order valence-corrected chi connectivity index (χ0v) is 16.2. The minimum absolute atomic E-state index is 0.00211. The molecule has 0 amide bonds. The summed E-state index contributed by atoms with van der Waals surface area (Å²) in [7, 11) is 0. The van der Waals surface area contributed by atoms with Crippen LogP contribution < -0.4 is 0 Å². The molecule has 8 nitrogen and oxygen atoms in total. The Bertz CT molecular complexity index is 1120. The number of rotatable bonds is 6. The first-order valence-corrected chi connectivity index (χ1v) is 9.20. The van der Waals surface area contributed by atoms with Gasteiger partial charge in [0.1, 0.15) is 0 Å². The van der Waals surface area contributed by atoms with Gasteiger partial charge in [0.25, 0.3) is 0 Å². The largest absolute Gasteiger partial charge is 0.454 e. The van der Waals surface area contributed by atoms with Gasteiger partial charge in [-0.1, -0.05) is 30.3 Å². The predicted octanol–water partition coefficient (Wildman–Crippen LogP) is 2.88. The number of aromatic nitrogens is 6. The molecule has 0 saturated heterocycles. The minimum Gasteiger partial charge on any atom is -0.454 e. The molecule has 29 heavy (non-hydrogen) atoms. The first-order valence-electron chi connectivity index (χ1n) is 9.20. The van der Waals surface area contributed by atoms with Gasteiger partial charge in [-0.2, -0.15) is 5.10 Å². The fraction of sp³-hybridized carbons (Fsp3) is 0.190. The van der Waals surface area contributed by atoms with E-state index in [1.807, 2.05) is 67.1 Å². The quantitative estimate of drug-likeness (QED) is 0.472. The topological polar surface area (TPSA) is 87.7 Å². The van der Waals surface area contributed by atoms with Crippen molar-refractivity contribution < 1.29 is 9.53 Å². The average molecular weight is 388 g/mol. The molecule has 0 radical (unpaired) electrons. The number of benzene rings is 2. The van der Waals surface area contributed by atoms with Gasteiger partial charge in [0, 0.05) is 5.69 Å². The van der Waals surface area contributed by atoms with Gasteiger partial charge in [0.05, 0.1) is 23.5 Å². The van der Waals surface area contributed by atoms with Crippen LogP contribution in [0.25, 0.3) is 5.69 Å². The van der Waals surface area contributed by atoms with Crippen LogP contribution in [0, 0.1) is 13.8 Å². The lowest BCUT2D eigenvalue weighted by Gasteiger charge is -2.08. The Morgan fingerprint density at radius 3 is 2.48 bits per heavy atom. The Kier molecular flexibility index (Phi) is 5.15. The van der Waals surface area contributed by atoms with Crippen LogP contribution in [0.2, 0.25) is 0 Å². The number of esters is 1. The third kappa shape index (κ3) is 4.21. The number of tetrazole rings is 1. The summed E-state index contributed by atoms with van der Waals surface area (Å²) in [6.07, 6.45) is 0. The van der Waals surface area contributed by atoms with Crippen LogP contribution in [0.15, 0.2) is 60.7 Å². The normalized spacial score (nSPS) is 10.8. The Labute approximate surface area is 167 Å². The Hall–Kier alpha value is -3.81. The second-order valence-corrected chi connectivity index (χ2v) is 6.70. The van der Waals surface area contributed by atoms with Crippen molar-refractivity contribution in [3.05, 3.63) is 89.0 Å². The zero-order chi connectivity index (χ0) is 20.2. The highest BCUT2D eigenvalue weighted by molar-refractivity contribution is 5.89. The number of carbonyl (C=O) groups is 1. The monoisotopic (exact) mass is 388 g/mol. The standard InChI is InChI=1S/C21H20N6O2/c1-15-12-16(2)27(23-15)19-10-8-18(9-11-19)21(28)29-14-20-22-24-25-26(20)13-17-6-4-3-5-7-17/h3-12H,13-14H2,1-2H3. The highest BCUT2D eigenvalue weighted by Gasteiger charge is 2.13. The first-order chi connectivity index (χ1) is 14.1. The average Bonchev–Trinajstić information content (AvgIpc) is 3.32. The van der Waals surface area contributed by atoms with Gasteiger partial charge in [-0.25, -0.2) is 14.2 Å². The third-order valence-electron chi connectivity index (χ3n) is 4.47. The van der Waals surface area contributed by atoms with E-state index in [0.29, 0.717) is 17.9 Å². The van der Waals surface area contributed by atoms with Gasteiger partial charge in [0.15, 0.2) is 12.4 Å². The van der Waals surface area contributed by atoms with E-state index in [2.05, 4.69) is 20.6 Å². The maximum atomic E-state index is 12.4. The van der Waals surface area contributed by atoms with Crippen LogP contribution in [-0.2, 0) is 17.9 Å². The van der Waals surface area contributed by atoms with E-state index in [4.69, 9.17) is 4.74 Å². The predicted molar refractivity (Wildman–Crippen MR) is 106 cm³/mol. The first kappa shape index (κ1) is 18.5. The second kappa shape index (κ2) is 8.05. The molecule has 8 heteroatoms. The van der Waals surface area contributed by atoms with Crippen LogP contribution in [0.3, 0.4) is 0 Å². The van der Waals surface area contributed by atoms with Gasteiger partial charge >= 0.3 is 5.97 Å². The molecule has 0 fully saturated rings. The van der Waals surface area contributed by atoms with Crippen LogP contribution >= 0.6 is 0 Å². The van der Waals surface area contributed by atoms with Gasteiger partial charge in [-0.15, -0.1) is 5.10 Å². The smallest absolute Gasteiger partial charge is 0.338 e. The molecule has 0 aliphatic heterocycles. The summed E-state index contributed by atoms with van der Waals surface area (Å²) < 4.78 is 8.85. The fourth-order valence-corrected chi connectivity index (χ4v) is 3.05. The molecule has 0 aliphatic carbocycles. The highest BCUT2D eigenvalue weighted by Crippen LogP contribution is 2.14. The SMILES string of the molecule is Cc1cc(C)n(-c2ccc(C(=O)OCc3nnnn3Cc3ccccc3)cc2)n1. The zero-order valence-electron chi connectivity index (χ0n) is 16.2. The second-order valence-electron chi connectivity index (χ2n) is 6.70. The maximum absolute atomic E-state index is 12.4. The van der Waals surface area contributed by atoms with Crippen molar-refractivity contribution in [1.82, 2.24) is 30.0 Å². The lowest BCUT2D eigenvalue weighted by atomic mass is 10.2. The van der Waals surface area contributed by atoms with Gasteiger partial charge in [-0.05, 0) is 60.2 Å². The molecule has 0 spiro atoms. The van der Waals surface area contributed by atoms with E-state index in [1.165, 1.54) is 0 Å². The molecule has 2 aromatic carbocycles. The lowest BCUT2D eigenvalue weighted by molar-refractivity contribution is 0.0457. The number of carbonyl (C=O) groups excluding carboxylic acids is 1. The Balaban J connectivity index is 1.40. The fourth-order valence-electron chi connectivity index (χ4n) is 3.05. The molecular weight excluding hydrogens is 368 g/mol. The molecule has 0 aliphatic rings. The summed E-state index contributed by atoms with van der Waals surface area (Å²) in [5.74, 6) is 0.0562. The van der Waals surface area contributed by atoms with Crippen molar-refractivity contribution in [3.63, 3.8) is 0 Å². The van der Waals surface area contributed by atoms with E-state index in [1.54, 1.807) is 16.8 Å². The van der Waals surface area contributed by atoms with Gasteiger partial charge < -0.3 is 4.74 Å². The summed E-state index contributed by atoms with van der Waals surface area (Å²) in [6.45, 7) is 4.44. The summed E-state index contributed by atoms with van der Waals surface area (Å²) >= 11 is 0. The molecular formula is C21H20N6O2. The summed E-state index contributed by atoms with van der Waals surface area (Å²) in [5.41, 5.74) is 4.38. The van der Waals surface area contributed by atoms with Crippen molar-refractivity contribution in [2.24, 2.45) is 0 Å².